The number of aryl methyl sites for hydroxylation is 1. The molecule has 4 rings (SSSR count). The molecule has 0 amide bonds. The zero-order valence-corrected chi connectivity index (χ0v) is 20.0. The van der Waals surface area contributed by atoms with Crippen LogP contribution in [-0.2, 0) is 6.42 Å². The van der Waals surface area contributed by atoms with Crippen LogP contribution in [0.5, 0.6) is 0 Å². The van der Waals surface area contributed by atoms with Gasteiger partial charge in [-0.1, -0.05) is 36.4 Å². The molecule has 3 aromatic carbocycles. The summed E-state index contributed by atoms with van der Waals surface area (Å²) in [5.74, 6) is 0.572. The maximum absolute atomic E-state index is 6.06. The Morgan fingerprint density at radius 1 is 0.758 bits per heavy atom. The van der Waals surface area contributed by atoms with E-state index in [4.69, 9.17) is 5.73 Å². The monoisotopic (exact) mass is 476 g/mol. The molecule has 0 fully saturated rings. The van der Waals surface area contributed by atoms with E-state index in [1.807, 2.05) is 47.8 Å². The SMILES string of the molecule is Cl.NC(=Nc1ccc(CCCCNc2ccc(Nc3ccccc3)cc2)cc1)c1cccs1. The molecule has 0 aliphatic carbocycles. The van der Waals surface area contributed by atoms with Crippen molar-refractivity contribution < 1.29 is 0 Å². The first-order chi connectivity index (χ1) is 15.8. The zero-order chi connectivity index (χ0) is 22.0. The molecule has 0 aliphatic heterocycles. The summed E-state index contributed by atoms with van der Waals surface area (Å²) >= 11 is 1.60. The molecule has 1 heterocycles. The second-order valence-corrected chi connectivity index (χ2v) is 8.54. The second-order valence-electron chi connectivity index (χ2n) is 7.59. The van der Waals surface area contributed by atoms with Crippen LogP contribution in [0.1, 0.15) is 23.3 Å². The summed E-state index contributed by atoms with van der Waals surface area (Å²) in [4.78, 5) is 5.51. The molecule has 0 radical (unpaired) electrons. The van der Waals surface area contributed by atoms with Gasteiger partial charge in [-0.05, 0) is 84.8 Å². The molecule has 4 aromatic rings. The fraction of sp³-hybridized carbons (Fsp3) is 0.148. The van der Waals surface area contributed by atoms with Crippen molar-refractivity contribution in [1.29, 1.82) is 0 Å². The highest BCUT2D eigenvalue weighted by Crippen LogP contribution is 2.19. The quantitative estimate of drug-likeness (QED) is 0.127. The molecule has 0 saturated heterocycles. The third kappa shape index (κ3) is 7.67. The van der Waals surface area contributed by atoms with Crippen molar-refractivity contribution >= 4 is 52.3 Å². The number of nitrogens with zero attached hydrogens (tertiary/aromatic N) is 1. The predicted molar refractivity (Wildman–Crippen MR) is 146 cm³/mol. The Bertz CT molecular complexity index is 1110. The Morgan fingerprint density at radius 2 is 1.45 bits per heavy atom. The molecule has 0 atom stereocenters. The molecule has 33 heavy (non-hydrogen) atoms. The van der Waals surface area contributed by atoms with Gasteiger partial charge in [-0.3, -0.25) is 0 Å². The Balaban J connectivity index is 0.00000306. The summed E-state index contributed by atoms with van der Waals surface area (Å²) in [6, 6.07) is 31.0. The van der Waals surface area contributed by atoms with Crippen LogP contribution in [0.3, 0.4) is 0 Å². The lowest BCUT2D eigenvalue weighted by Gasteiger charge is -2.09. The van der Waals surface area contributed by atoms with Gasteiger partial charge in [-0.15, -0.1) is 23.7 Å². The van der Waals surface area contributed by atoms with Gasteiger partial charge in [-0.2, -0.15) is 0 Å². The zero-order valence-electron chi connectivity index (χ0n) is 18.4. The average Bonchev–Trinajstić information content (AvgIpc) is 3.37. The number of aliphatic imine (C=N–C) groups is 1. The maximum atomic E-state index is 6.06. The number of hydrogen-bond donors (Lipinski definition) is 3. The van der Waals surface area contributed by atoms with Gasteiger partial charge < -0.3 is 16.4 Å². The first-order valence-electron chi connectivity index (χ1n) is 10.9. The molecule has 0 saturated carbocycles. The van der Waals surface area contributed by atoms with Gasteiger partial charge in [0, 0.05) is 23.6 Å². The summed E-state index contributed by atoms with van der Waals surface area (Å²) < 4.78 is 0. The normalized spacial score (nSPS) is 11.0. The standard InChI is InChI=1S/C27H28N4S.ClH/c28-27(26-10-6-20-32-26)31-25-13-11-21(12-14-25)7-4-5-19-29-22-15-17-24(18-16-22)30-23-8-2-1-3-9-23;/h1-3,6,8-18,20,29-30H,4-5,7,19H2,(H2,28,31);1H. The number of thiophene rings is 1. The van der Waals surface area contributed by atoms with Gasteiger partial charge >= 0.3 is 0 Å². The third-order valence-electron chi connectivity index (χ3n) is 5.13. The van der Waals surface area contributed by atoms with E-state index < -0.39 is 0 Å². The number of nitrogens with two attached hydrogens (primary N) is 1. The fourth-order valence-corrected chi connectivity index (χ4v) is 4.03. The summed E-state index contributed by atoms with van der Waals surface area (Å²) in [6.45, 7) is 0.963. The van der Waals surface area contributed by atoms with E-state index in [9.17, 15) is 0 Å². The van der Waals surface area contributed by atoms with Gasteiger partial charge in [0.25, 0.3) is 0 Å². The van der Waals surface area contributed by atoms with Crippen LogP contribution < -0.4 is 16.4 Å². The Labute approximate surface area is 206 Å². The molecule has 1 aromatic heterocycles. The summed E-state index contributed by atoms with van der Waals surface area (Å²) in [7, 11) is 0. The van der Waals surface area contributed by atoms with Crippen molar-refractivity contribution in [3.8, 4) is 0 Å². The van der Waals surface area contributed by atoms with Gasteiger partial charge in [0.05, 0.1) is 10.6 Å². The van der Waals surface area contributed by atoms with Crippen LogP contribution in [0.4, 0.5) is 22.7 Å². The summed E-state index contributed by atoms with van der Waals surface area (Å²) in [6.07, 6.45) is 3.32. The number of anilines is 3. The molecule has 4 nitrogen and oxygen atoms in total. The first kappa shape index (κ1) is 24.4. The lowest BCUT2D eigenvalue weighted by atomic mass is 10.1. The minimum absolute atomic E-state index is 0. The molecule has 4 N–H and O–H groups in total. The van der Waals surface area contributed by atoms with E-state index in [2.05, 4.69) is 64.2 Å². The van der Waals surface area contributed by atoms with Crippen molar-refractivity contribution in [3.63, 3.8) is 0 Å². The van der Waals surface area contributed by atoms with Crippen molar-refractivity contribution in [2.75, 3.05) is 17.2 Å². The third-order valence-corrected chi connectivity index (χ3v) is 6.02. The predicted octanol–water partition coefficient (Wildman–Crippen LogP) is 7.39. The molecule has 6 heteroatoms. The lowest BCUT2D eigenvalue weighted by molar-refractivity contribution is 0.763. The highest BCUT2D eigenvalue weighted by atomic mass is 35.5. The number of benzene rings is 3. The number of unbranched alkanes of at least 4 members (excludes halogenated alkanes) is 1. The van der Waals surface area contributed by atoms with Crippen molar-refractivity contribution in [1.82, 2.24) is 0 Å². The van der Waals surface area contributed by atoms with Crippen LogP contribution in [0.2, 0.25) is 0 Å². The number of para-hydroxylation sites is 1. The van der Waals surface area contributed by atoms with Gasteiger partial charge in [0.15, 0.2) is 0 Å². The van der Waals surface area contributed by atoms with E-state index >= 15 is 0 Å². The number of rotatable bonds is 10. The van der Waals surface area contributed by atoms with E-state index in [0.717, 1.165) is 53.4 Å². The Morgan fingerprint density at radius 3 is 2.15 bits per heavy atom. The van der Waals surface area contributed by atoms with E-state index in [0.29, 0.717) is 5.84 Å². The molecule has 0 unspecified atom stereocenters. The van der Waals surface area contributed by atoms with Crippen LogP contribution in [0, 0.1) is 0 Å². The fourth-order valence-electron chi connectivity index (χ4n) is 3.40. The topological polar surface area (TPSA) is 62.4 Å². The van der Waals surface area contributed by atoms with Crippen LogP contribution in [0.25, 0.3) is 0 Å². The minimum Gasteiger partial charge on any atom is -0.385 e. The lowest BCUT2D eigenvalue weighted by Crippen LogP contribution is -2.10. The van der Waals surface area contributed by atoms with Crippen molar-refractivity contribution in [2.45, 2.75) is 19.3 Å². The Hall–Kier alpha value is -3.28. The number of nitrogens with one attached hydrogen (secondary N) is 2. The summed E-state index contributed by atoms with van der Waals surface area (Å²) in [5, 5.41) is 8.92. The maximum Gasteiger partial charge on any atom is 0.141 e. The highest BCUT2D eigenvalue weighted by Gasteiger charge is 2.01. The van der Waals surface area contributed by atoms with E-state index in [1.165, 1.54) is 5.56 Å². The molecule has 0 aliphatic rings. The van der Waals surface area contributed by atoms with Gasteiger partial charge in [0.2, 0.25) is 0 Å². The van der Waals surface area contributed by atoms with Gasteiger partial charge in [0.1, 0.15) is 5.84 Å². The van der Waals surface area contributed by atoms with Gasteiger partial charge in [-0.25, -0.2) is 4.99 Å². The molecule has 0 spiro atoms. The number of amidine groups is 1. The van der Waals surface area contributed by atoms with Crippen molar-refractivity contribution in [3.05, 3.63) is 107 Å². The first-order valence-corrected chi connectivity index (χ1v) is 11.8. The number of halogens is 1. The largest absolute Gasteiger partial charge is 0.385 e. The average molecular weight is 477 g/mol. The summed E-state index contributed by atoms with van der Waals surface area (Å²) in [5.41, 5.74) is 11.6. The van der Waals surface area contributed by atoms with E-state index in [1.54, 1.807) is 11.3 Å². The molecule has 0 bridgehead atoms. The Kier molecular flexibility index (Phi) is 9.36. The van der Waals surface area contributed by atoms with Crippen LogP contribution in [0.15, 0.2) is 101 Å². The van der Waals surface area contributed by atoms with Crippen LogP contribution >= 0.6 is 23.7 Å². The number of hydrogen-bond acceptors (Lipinski definition) is 4. The molecule has 170 valence electrons. The smallest absolute Gasteiger partial charge is 0.141 e. The second kappa shape index (κ2) is 12.7. The molecular formula is C27H29ClN4S. The van der Waals surface area contributed by atoms with Crippen molar-refractivity contribution in [2.24, 2.45) is 10.7 Å². The molecular weight excluding hydrogens is 448 g/mol. The van der Waals surface area contributed by atoms with Crippen LogP contribution in [-0.4, -0.2) is 12.4 Å². The minimum atomic E-state index is 0. The highest BCUT2D eigenvalue weighted by molar-refractivity contribution is 7.12. The van der Waals surface area contributed by atoms with E-state index in [-0.39, 0.29) is 12.4 Å².